The van der Waals surface area contributed by atoms with Gasteiger partial charge in [-0.05, 0) is 37.2 Å². The first-order valence-corrected chi connectivity index (χ1v) is 16.0. The number of hydrogen-bond donors (Lipinski definition) is 1. The SMILES string of the molecule is CCN1CCN(CCCOc2cc3ncc(C#N)c(Nc4ccc(Sc5nccn5C)c(Cl)c4)c3cc2OCCOC)CC1. The molecule has 4 aromatic rings. The van der Waals surface area contributed by atoms with E-state index in [1.807, 2.05) is 48.1 Å². The molecule has 44 heavy (non-hydrogen) atoms. The van der Waals surface area contributed by atoms with Gasteiger partial charge in [-0.3, -0.25) is 4.98 Å². The Kier molecular flexibility index (Phi) is 11.2. The van der Waals surface area contributed by atoms with E-state index in [0.29, 0.717) is 53.1 Å². The molecule has 1 N–H and O–H groups in total. The topological polar surface area (TPSA) is 101 Å². The first-order chi connectivity index (χ1) is 21.5. The molecule has 1 aliphatic heterocycles. The molecule has 0 bridgehead atoms. The van der Waals surface area contributed by atoms with Gasteiger partial charge in [-0.1, -0.05) is 30.3 Å². The van der Waals surface area contributed by atoms with Crippen molar-refractivity contribution in [3.63, 3.8) is 0 Å². The number of piperazine rings is 1. The number of nitriles is 1. The fourth-order valence-corrected chi connectivity index (χ4v) is 6.14. The minimum absolute atomic E-state index is 0.360. The Labute approximate surface area is 267 Å². The lowest BCUT2D eigenvalue weighted by Gasteiger charge is -2.33. The summed E-state index contributed by atoms with van der Waals surface area (Å²) in [6, 6.07) is 11.7. The molecule has 10 nitrogen and oxygen atoms in total. The first-order valence-electron chi connectivity index (χ1n) is 14.8. The van der Waals surface area contributed by atoms with Crippen molar-refractivity contribution >= 4 is 45.6 Å². The van der Waals surface area contributed by atoms with Gasteiger partial charge in [-0.15, -0.1) is 0 Å². The number of ether oxygens (including phenoxy) is 3. The largest absolute Gasteiger partial charge is 0.490 e. The first kappa shape index (κ1) is 31.9. The van der Waals surface area contributed by atoms with Crippen LogP contribution >= 0.6 is 23.4 Å². The second-order valence-electron chi connectivity index (χ2n) is 10.5. The highest BCUT2D eigenvalue weighted by Gasteiger charge is 2.18. The third-order valence-electron chi connectivity index (χ3n) is 7.57. The van der Waals surface area contributed by atoms with E-state index in [4.69, 9.17) is 25.8 Å². The van der Waals surface area contributed by atoms with E-state index in [2.05, 4.69) is 38.1 Å². The van der Waals surface area contributed by atoms with E-state index in [1.54, 1.807) is 19.5 Å². The molecule has 1 saturated heterocycles. The summed E-state index contributed by atoms with van der Waals surface area (Å²) >= 11 is 8.16. The molecule has 0 unspecified atom stereocenters. The highest BCUT2D eigenvalue weighted by atomic mass is 35.5. The van der Waals surface area contributed by atoms with E-state index < -0.39 is 0 Å². The number of halogens is 1. The number of imidazole rings is 1. The van der Waals surface area contributed by atoms with Crippen LogP contribution < -0.4 is 14.8 Å². The molecule has 0 spiro atoms. The zero-order valence-corrected chi connectivity index (χ0v) is 27.0. The van der Waals surface area contributed by atoms with Gasteiger partial charge < -0.3 is 33.9 Å². The van der Waals surface area contributed by atoms with Crippen LogP contribution in [0.5, 0.6) is 11.5 Å². The fourth-order valence-electron chi connectivity index (χ4n) is 5.03. The number of rotatable bonds is 14. The number of aromatic nitrogens is 3. The maximum Gasteiger partial charge on any atom is 0.172 e. The van der Waals surface area contributed by atoms with Gasteiger partial charge in [-0.25, -0.2) is 4.98 Å². The lowest BCUT2D eigenvalue weighted by Crippen LogP contribution is -2.46. The highest BCUT2D eigenvalue weighted by molar-refractivity contribution is 7.99. The summed E-state index contributed by atoms with van der Waals surface area (Å²) in [5.41, 5.74) is 2.45. The van der Waals surface area contributed by atoms with Gasteiger partial charge >= 0.3 is 0 Å². The Morgan fingerprint density at radius 1 is 1.02 bits per heavy atom. The molecule has 0 saturated carbocycles. The minimum atomic E-state index is 0.360. The maximum absolute atomic E-state index is 9.95. The number of pyridine rings is 1. The van der Waals surface area contributed by atoms with Crippen LogP contribution in [0.15, 0.2) is 59.0 Å². The smallest absolute Gasteiger partial charge is 0.172 e. The summed E-state index contributed by atoms with van der Waals surface area (Å²) in [5, 5.41) is 15.5. The molecule has 1 fully saturated rings. The van der Waals surface area contributed by atoms with Gasteiger partial charge in [0.15, 0.2) is 16.7 Å². The van der Waals surface area contributed by atoms with Gasteiger partial charge in [0.2, 0.25) is 0 Å². The predicted octanol–water partition coefficient (Wildman–Crippen LogP) is 5.82. The molecule has 0 atom stereocenters. The van der Waals surface area contributed by atoms with Gasteiger partial charge in [0.1, 0.15) is 12.7 Å². The van der Waals surface area contributed by atoms with Gasteiger partial charge in [-0.2, -0.15) is 5.26 Å². The molecule has 2 aromatic carbocycles. The number of nitrogens with zero attached hydrogens (tertiary/aromatic N) is 6. The number of nitrogens with one attached hydrogen (secondary N) is 1. The summed E-state index contributed by atoms with van der Waals surface area (Å²) in [7, 11) is 3.58. The Balaban J connectivity index is 1.35. The van der Waals surface area contributed by atoms with Crippen LogP contribution in [0.25, 0.3) is 10.9 Å². The number of methoxy groups -OCH3 is 1. The second-order valence-corrected chi connectivity index (χ2v) is 11.9. The Bertz CT molecular complexity index is 1600. The lowest BCUT2D eigenvalue weighted by molar-refractivity contribution is 0.129. The normalized spacial score (nSPS) is 14.1. The maximum atomic E-state index is 9.95. The summed E-state index contributed by atoms with van der Waals surface area (Å²) in [6.07, 6.45) is 6.13. The van der Waals surface area contributed by atoms with Crippen molar-refractivity contribution in [3.8, 4) is 17.6 Å². The van der Waals surface area contributed by atoms with E-state index in [1.165, 1.54) is 11.8 Å². The average Bonchev–Trinajstić information content (AvgIpc) is 3.45. The number of benzene rings is 2. The molecule has 3 heterocycles. The van der Waals surface area contributed by atoms with Crippen molar-refractivity contribution < 1.29 is 14.2 Å². The van der Waals surface area contributed by atoms with Crippen LogP contribution in [0, 0.1) is 11.3 Å². The Morgan fingerprint density at radius 3 is 2.50 bits per heavy atom. The molecular weight excluding hydrogens is 598 g/mol. The summed E-state index contributed by atoms with van der Waals surface area (Å²) in [5.74, 6) is 1.19. The van der Waals surface area contributed by atoms with Gasteiger partial charge in [0, 0.05) is 87.5 Å². The van der Waals surface area contributed by atoms with Crippen molar-refractivity contribution in [2.24, 2.45) is 7.05 Å². The average molecular weight is 636 g/mol. The second kappa shape index (κ2) is 15.5. The molecule has 5 rings (SSSR count). The monoisotopic (exact) mass is 635 g/mol. The van der Waals surface area contributed by atoms with Crippen molar-refractivity contribution in [1.82, 2.24) is 24.3 Å². The molecule has 0 radical (unpaired) electrons. The molecular formula is C32H38ClN7O3S. The number of hydrogen-bond acceptors (Lipinski definition) is 10. The Hall–Kier alpha value is -3.53. The van der Waals surface area contributed by atoms with Crippen LogP contribution in [-0.2, 0) is 11.8 Å². The van der Waals surface area contributed by atoms with Crippen molar-refractivity contribution in [3.05, 3.63) is 59.5 Å². The lowest BCUT2D eigenvalue weighted by atomic mass is 10.1. The van der Waals surface area contributed by atoms with E-state index in [9.17, 15) is 5.26 Å². The van der Waals surface area contributed by atoms with E-state index >= 15 is 0 Å². The van der Waals surface area contributed by atoms with Crippen molar-refractivity contribution in [2.75, 3.05) is 71.5 Å². The minimum Gasteiger partial charge on any atom is -0.490 e. The predicted molar refractivity (Wildman–Crippen MR) is 175 cm³/mol. The fraction of sp³-hybridized carbons (Fsp3) is 0.406. The van der Waals surface area contributed by atoms with Crippen LogP contribution in [-0.4, -0.2) is 90.5 Å². The number of likely N-dealkylation sites (N-methyl/N-ethyl adjacent to an activating group) is 1. The molecule has 12 heteroatoms. The van der Waals surface area contributed by atoms with Gasteiger partial charge in [0.25, 0.3) is 0 Å². The van der Waals surface area contributed by atoms with Crippen LogP contribution in [0.1, 0.15) is 18.9 Å². The quantitative estimate of drug-likeness (QED) is 0.171. The molecule has 1 aliphatic rings. The van der Waals surface area contributed by atoms with Crippen LogP contribution in [0.2, 0.25) is 5.02 Å². The van der Waals surface area contributed by atoms with E-state index in [-0.39, 0.29) is 0 Å². The van der Waals surface area contributed by atoms with E-state index in [0.717, 1.165) is 66.8 Å². The molecule has 232 valence electrons. The molecule has 2 aromatic heterocycles. The zero-order valence-electron chi connectivity index (χ0n) is 25.4. The van der Waals surface area contributed by atoms with Gasteiger partial charge in [0.05, 0.1) is 35.0 Å². The standard InChI is InChI=1S/C32H38ClN7O3S/c1-4-39-11-13-40(14-12-39)9-5-15-42-29-20-27-25(19-28(29)43-17-16-41-3)31(23(21-34)22-36-27)37-24-6-7-30(26(33)18-24)44-32-35-8-10-38(32)2/h6-8,10,18-20,22H,4-5,9,11-17H2,1-3H3,(H,36,37). The molecule has 0 aliphatic carbocycles. The number of aryl methyl sites for hydroxylation is 1. The third-order valence-corrected chi connectivity index (χ3v) is 9.14. The number of fused-ring (bicyclic) bond motifs is 1. The van der Waals surface area contributed by atoms with Crippen LogP contribution in [0.4, 0.5) is 11.4 Å². The summed E-state index contributed by atoms with van der Waals surface area (Å²) in [6.45, 7) is 10.1. The zero-order chi connectivity index (χ0) is 30.9. The third kappa shape index (κ3) is 7.94. The number of anilines is 2. The van der Waals surface area contributed by atoms with Crippen LogP contribution in [0.3, 0.4) is 0 Å². The summed E-state index contributed by atoms with van der Waals surface area (Å²) in [4.78, 5) is 14.8. The molecule has 0 amide bonds. The van der Waals surface area contributed by atoms with Crippen molar-refractivity contribution in [1.29, 1.82) is 5.26 Å². The summed E-state index contributed by atoms with van der Waals surface area (Å²) < 4.78 is 19.5. The highest BCUT2D eigenvalue weighted by Crippen LogP contribution is 2.39. The Morgan fingerprint density at radius 2 is 1.80 bits per heavy atom. The van der Waals surface area contributed by atoms with Crippen molar-refractivity contribution in [2.45, 2.75) is 23.4 Å².